The Hall–Kier alpha value is -3.22. The molecule has 2 aromatic carbocycles. The molecule has 1 aliphatic heterocycles. The number of nitrogens with one attached hydrogen (secondary N) is 1. The summed E-state index contributed by atoms with van der Waals surface area (Å²) in [4.78, 5) is 36.3. The van der Waals surface area contributed by atoms with E-state index in [1.807, 2.05) is 31.2 Å². The Bertz CT molecular complexity index is 831. The lowest BCUT2D eigenvalue weighted by molar-refractivity contribution is -0.384. The molecule has 3 rings (SSSR count). The van der Waals surface area contributed by atoms with Crippen LogP contribution in [0.1, 0.15) is 17.5 Å². The molecule has 1 aliphatic rings. The van der Waals surface area contributed by atoms with Crippen molar-refractivity contribution in [2.75, 3.05) is 11.4 Å². The molecule has 134 valence electrons. The van der Waals surface area contributed by atoms with Crippen LogP contribution >= 0.6 is 0 Å². The third-order valence-electron chi connectivity index (χ3n) is 4.35. The molecule has 7 heteroatoms. The van der Waals surface area contributed by atoms with Gasteiger partial charge in [-0.1, -0.05) is 29.8 Å². The maximum Gasteiger partial charge on any atom is 0.269 e. The Morgan fingerprint density at radius 2 is 1.85 bits per heavy atom. The third kappa shape index (κ3) is 4.05. The molecule has 0 aromatic heterocycles. The highest BCUT2D eigenvalue weighted by molar-refractivity contribution is 5.96. The van der Waals surface area contributed by atoms with Crippen molar-refractivity contribution in [3.63, 3.8) is 0 Å². The summed E-state index contributed by atoms with van der Waals surface area (Å²) in [5.41, 5.74) is 2.62. The lowest BCUT2D eigenvalue weighted by Crippen LogP contribution is -2.38. The van der Waals surface area contributed by atoms with E-state index in [-0.39, 0.29) is 36.4 Å². The summed E-state index contributed by atoms with van der Waals surface area (Å²) in [6, 6.07) is 13.3. The standard InChI is InChI=1S/C19H19N3O4/c1-13-2-6-16(7-3-13)21-12-15(11-19(21)24)20-18(23)10-14-4-8-17(9-5-14)22(25)26/h2-9,15H,10-12H2,1H3,(H,20,23). The second-order valence-electron chi connectivity index (χ2n) is 6.41. The zero-order valence-corrected chi connectivity index (χ0v) is 14.3. The Labute approximate surface area is 150 Å². The number of amides is 2. The number of hydrogen-bond donors (Lipinski definition) is 1. The van der Waals surface area contributed by atoms with Crippen LogP contribution in [0.3, 0.4) is 0 Å². The first kappa shape index (κ1) is 17.6. The van der Waals surface area contributed by atoms with Crippen LogP contribution < -0.4 is 10.2 Å². The highest BCUT2D eigenvalue weighted by atomic mass is 16.6. The van der Waals surface area contributed by atoms with Gasteiger partial charge in [0.25, 0.3) is 5.69 Å². The zero-order chi connectivity index (χ0) is 18.7. The van der Waals surface area contributed by atoms with Gasteiger partial charge in [-0.25, -0.2) is 0 Å². The lowest BCUT2D eigenvalue weighted by Gasteiger charge is -2.17. The molecule has 0 aliphatic carbocycles. The molecule has 1 fully saturated rings. The van der Waals surface area contributed by atoms with Crippen molar-refractivity contribution in [1.29, 1.82) is 0 Å². The minimum absolute atomic E-state index is 0.00992. The van der Waals surface area contributed by atoms with Crippen molar-refractivity contribution in [2.45, 2.75) is 25.8 Å². The van der Waals surface area contributed by atoms with Crippen LogP contribution in [-0.2, 0) is 16.0 Å². The van der Waals surface area contributed by atoms with Crippen LogP contribution in [0, 0.1) is 17.0 Å². The highest BCUT2D eigenvalue weighted by Gasteiger charge is 2.31. The lowest BCUT2D eigenvalue weighted by atomic mass is 10.1. The molecule has 1 atom stereocenters. The summed E-state index contributed by atoms with van der Waals surface area (Å²) in [5, 5.41) is 13.5. The molecule has 1 heterocycles. The summed E-state index contributed by atoms with van der Waals surface area (Å²) in [5.74, 6) is -0.225. The summed E-state index contributed by atoms with van der Waals surface area (Å²) in [7, 11) is 0. The number of hydrogen-bond acceptors (Lipinski definition) is 4. The van der Waals surface area contributed by atoms with Crippen LogP contribution in [0.25, 0.3) is 0 Å². The molecule has 26 heavy (non-hydrogen) atoms. The molecule has 0 spiro atoms. The van der Waals surface area contributed by atoms with Crippen molar-refractivity contribution < 1.29 is 14.5 Å². The van der Waals surface area contributed by atoms with Crippen molar-refractivity contribution in [2.24, 2.45) is 0 Å². The first-order valence-corrected chi connectivity index (χ1v) is 8.32. The van der Waals surface area contributed by atoms with Crippen LogP contribution in [-0.4, -0.2) is 29.3 Å². The summed E-state index contributed by atoms with van der Waals surface area (Å²) >= 11 is 0. The van der Waals surface area contributed by atoms with Crippen molar-refractivity contribution >= 4 is 23.2 Å². The number of anilines is 1. The van der Waals surface area contributed by atoms with Gasteiger partial charge in [0.15, 0.2) is 0 Å². The fraction of sp³-hybridized carbons (Fsp3) is 0.263. The predicted octanol–water partition coefficient (Wildman–Crippen LogP) is 2.37. The predicted molar refractivity (Wildman–Crippen MR) is 96.9 cm³/mol. The molecule has 7 nitrogen and oxygen atoms in total. The molecule has 1 N–H and O–H groups in total. The zero-order valence-electron chi connectivity index (χ0n) is 14.3. The largest absolute Gasteiger partial charge is 0.351 e. The minimum Gasteiger partial charge on any atom is -0.351 e. The minimum atomic E-state index is -0.479. The van der Waals surface area contributed by atoms with Gasteiger partial charge in [0.2, 0.25) is 11.8 Å². The van der Waals surface area contributed by atoms with Gasteiger partial charge >= 0.3 is 0 Å². The average Bonchev–Trinajstić information content (AvgIpc) is 2.96. The summed E-state index contributed by atoms with van der Waals surface area (Å²) < 4.78 is 0. The summed E-state index contributed by atoms with van der Waals surface area (Å²) in [6.45, 7) is 2.42. The third-order valence-corrected chi connectivity index (χ3v) is 4.35. The molecule has 0 radical (unpaired) electrons. The molecule has 1 unspecified atom stereocenters. The molecular weight excluding hydrogens is 334 g/mol. The molecule has 0 bridgehead atoms. The van der Waals surface area contributed by atoms with Gasteiger partial charge in [0, 0.05) is 30.8 Å². The van der Waals surface area contributed by atoms with Gasteiger partial charge < -0.3 is 10.2 Å². The van der Waals surface area contributed by atoms with E-state index in [0.29, 0.717) is 12.1 Å². The average molecular weight is 353 g/mol. The number of aryl methyl sites for hydroxylation is 1. The van der Waals surface area contributed by atoms with E-state index in [1.54, 1.807) is 17.0 Å². The molecule has 0 saturated carbocycles. The normalized spacial score (nSPS) is 16.6. The van der Waals surface area contributed by atoms with Crippen molar-refractivity contribution in [3.8, 4) is 0 Å². The molecule has 2 amide bonds. The number of rotatable bonds is 5. The maximum atomic E-state index is 12.2. The van der Waals surface area contributed by atoms with Gasteiger partial charge in [-0.3, -0.25) is 19.7 Å². The topological polar surface area (TPSA) is 92.6 Å². The van der Waals surface area contributed by atoms with E-state index in [4.69, 9.17) is 0 Å². The Morgan fingerprint density at radius 1 is 1.19 bits per heavy atom. The van der Waals surface area contributed by atoms with E-state index in [0.717, 1.165) is 11.3 Å². The van der Waals surface area contributed by atoms with E-state index in [2.05, 4.69) is 5.32 Å². The van der Waals surface area contributed by atoms with E-state index >= 15 is 0 Å². The fourth-order valence-corrected chi connectivity index (χ4v) is 2.98. The SMILES string of the molecule is Cc1ccc(N2CC(NC(=O)Cc3ccc([N+](=O)[O-])cc3)CC2=O)cc1. The quantitative estimate of drug-likeness (QED) is 0.660. The van der Waals surface area contributed by atoms with Crippen molar-refractivity contribution in [3.05, 3.63) is 69.8 Å². The van der Waals surface area contributed by atoms with Crippen LogP contribution in [0.5, 0.6) is 0 Å². The number of nitro benzene ring substituents is 1. The molecule has 2 aromatic rings. The van der Waals surface area contributed by atoms with Crippen LogP contribution in [0.15, 0.2) is 48.5 Å². The van der Waals surface area contributed by atoms with Gasteiger partial charge in [-0.2, -0.15) is 0 Å². The maximum absolute atomic E-state index is 12.2. The first-order chi connectivity index (χ1) is 12.4. The number of benzene rings is 2. The fourth-order valence-electron chi connectivity index (χ4n) is 2.98. The van der Waals surface area contributed by atoms with Crippen LogP contribution in [0.2, 0.25) is 0 Å². The molecular formula is C19H19N3O4. The van der Waals surface area contributed by atoms with Gasteiger partial charge in [-0.05, 0) is 24.6 Å². The van der Waals surface area contributed by atoms with E-state index in [9.17, 15) is 19.7 Å². The van der Waals surface area contributed by atoms with Gasteiger partial charge in [-0.15, -0.1) is 0 Å². The number of nitro groups is 1. The van der Waals surface area contributed by atoms with Crippen molar-refractivity contribution in [1.82, 2.24) is 5.32 Å². The second-order valence-corrected chi connectivity index (χ2v) is 6.41. The second kappa shape index (κ2) is 7.35. The summed E-state index contributed by atoms with van der Waals surface area (Å²) in [6.07, 6.45) is 0.382. The van der Waals surface area contributed by atoms with Gasteiger partial charge in [0.05, 0.1) is 17.4 Å². The molecule has 1 saturated heterocycles. The van der Waals surface area contributed by atoms with Gasteiger partial charge in [0.1, 0.15) is 0 Å². The van der Waals surface area contributed by atoms with E-state index < -0.39 is 4.92 Å². The Morgan fingerprint density at radius 3 is 2.46 bits per heavy atom. The Kier molecular flexibility index (Phi) is 4.97. The number of carbonyl (C=O) groups excluding carboxylic acids is 2. The van der Waals surface area contributed by atoms with Crippen LogP contribution in [0.4, 0.5) is 11.4 Å². The number of non-ortho nitro benzene ring substituents is 1. The monoisotopic (exact) mass is 353 g/mol. The van der Waals surface area contributed by atoms with E-state index in [1.165, 1.54) is 12.1 Å². The number of nitrogens with zero attached hydrogens (tertiary/aromatic N) is 2. The Balaban J connectivity index is 1.57. The first-order valence-electron chi connectivity index (χ1n) is 8.32. The highest BCUT2D eigenvalue weighted by Crippen LogP contribution is 2.22. The smallest absolute Gasteiger partial charge is 0.269 e. The number of carbonyl (C=O) groups is 2.